The van der Waals surface area contributed by atoms with Gasteiger partial charge in [-0.05, 0) is 25.7 Å². The quantitative estimate of drug-likeness (QED) is 0.737. The van der Waals surface area contributed by atoms with Crippen LogP contribution in [0.4, 0.5) is 0 Å². The summed E-state index contributed by atoms with van der Waals surface area (Å²) in [5.74, 6) is 0.773. The number of piperidine rings is 1. The summed E-state index contributed by atoms with van der Waals surface area (Å²) in [5, 5.41) is 0. The van der Waals surface area contributed by atoms with Crippen LogP contribution in [0.3, 0.4) is 0 Å². The molecule has 2 amide bonds. The molecule has 0 aromatic carbocycles. The highest BCUT2D eigenvalue weighted by Gasteiger charge is 2.38. The first kappa shape index (κ1) is 12.9. The van der Waals surface area contributed by atoms with E-state index in [1.807, 2.05) is 9.80 Å². The zero-order valence-corrected chi connectivity index (χ0v) is 11.3. The monoisotopic (exact) mass is 266 g/mol. The summed E-state index contributed by atoms with van der Waals surface area (Å²) in [4.78, 5) is 28.4. The van der Waals surface area contributed by atoms with Gasteiger partial charge in [-0.25, -0.2) is 0 Å². The summed E-state index contributed by atoms with van der Waals surface area (Å²) in [6.45, 7) is 3.67. The Morgan fingerprint density at radius 2 is 2.05 bits per heavy atom. The molecule has 5 nitrogen and oxygen atoms in total. The molecule has 106 valence electrons. The molecule has 3 rings (SSSR count). The molecule has 0 bridgehead atoms. The van der Waals surface area contributed by atoms with Crippen LogP contribution >= 0.6 is 0 Å². The van der Waals surface area contributed by atoms with Crippen molar-refractivity contribution in [1.29, 1.82) is 0 Å². The van der Waals surface area contributed by atoms with Gasteiger partial charge in [0.15, 0.2) is 0 Å². The number of nitrogens with zero attached hydrogens (tertiary/aromatic N) is 2. The molecule has 3 saturated heterocycles. The first-order valence-electron chi connectivity index (χ1n) is 7.41. The summed E-state index contributed by atoms with van der Waals surface area (Å²) in [6, 6.07) is -0.189. The molecule has 2 atom stereocenters. The van der Waals surface area contributed by atoms with Crippen molar-refractivity contribution in [1.82, 2.24) is 9.80 Å². The van der Waals surface area contributed by atoms with Crippen LogP contribution in [-0.4, -0.2) is 60.5 Å². The molecule has 3 fully saturated rings. The number of fused-ring (bicyclic) bond motifs is 1. The van der Waals surface area contributed by atoms with Crippen molar-refractivity contribution >= 4 is 11.8 Å². The lowest BCUT2D eigenvalue weighted by molar-refractivity contribution is -0.143. The van der Waals surface area contributed by atoms with E-state index in [4.69, 9.17) is 4.74 Å². The number of amides is 2. The summed E-state index contributed by atoms with van der Waals surface area (Å²) < 4.78 is 5.38. The molecule has 0 aromatic rings. The summed E-state index contributed by atoms with van der Waals surface area (Å²) in [6.07, 6.45) is 4.44. The molecule has 3 heterocycles. The van der Waals surface area contributed by atoms with Crippen molar-refractivity contribution in [3.8, 4) is 0 Å². The lowest BCUT2D eigenvalue weighted by atomic mass is 10.0. The normalized spacial score (nSPS) is 32.4. The van der Waals surface area contributed by atoms with Gasteiger partial charge in [-0.1, -0.05) is 0 Å². The van der Waals surface area contributed by atoms with Crippen LogP contribution in [0.5, 0.6) is 0 Å². The molecule has 0 spiro atoms. The topological polar surface area (TPSA) is 49.9 Å². The molecule has 0 saturated carbocycles. The van der Waals surface area contributed by atoms with Gasteiger partial charge in [0.05, 0.1) is 6.61 Å². The third-order valence-corrected chi connectivity index (χ3v) is 4.52. The lowest BCUT2D eigenvalue weighted by Crippen LogP contribution is -2.50. The van der Waals surface area contributed by atoms with Crippen LogP contribution in [0.2, 0.25) is 0 Å². The Morgan fingerprint density at radius 3 is 2.84 bits per heavy atom. The van der Waals surface area contributed by atoms with Crippen molar-refractivity contribution in [2.75, 3.05) is 32.8 Å². The van der Waals surface area contributed by atoms with Gasteiger partial charge < -0.3 is 14.5 Å². The Hall–Kier alpha value is -1.10. The molecular weight excluding hydrogens is 244 g/mol. The van der Waals surface area contributed by atoms with Gasteiger partial charge >= 0.3 is 0 Å². The van der Waals surface area contributed by atoms with E-state index >= 15 is 0 Å². The van der Waals surface area contributed by atoms with E-state index < -0.39 is 0 Å². The van der Waals surface area contributed by atoms with Crippen molar-refractivity contribution in [3.05, 3.63) is 0 Å². The number of carbonyl (C=O) groups excluding carboxylic acids is 2. The van der Waals surface area contributed by atoms with E-state index in [9.17, 15) is 9.59 Å². The van der Waals surface area contributed by atoms with Gasteiger partial charge in [0, 0.05) is 38.6 Å². The highest BCUT2D eigenvalue weighted by molar-refractivity contribution is 5.90. The molecule has 0 aromatic heterocycles. The number of rotatable bonds is 2. The standard InChI is InChI=1S/C14H22N2O3/c17-13-4-7-15(9-11-5-8-19-10-11)14(18)12-3-1-2-6-16(12)13/h11-12H,1-10H2. The molecule has 0 aliphatic carbocycles. The Balaban J connectivity index is 1.71. The van der Waals surface area contributed by atoms with Crippen LogP contribution in [0.1, 0.15) is 32.1 Å². The minimum atomic E-state index is -0.189. The first-order valence-corrected chi connectivity index (χ1v) is 7.41. The van der Waals surface area contributed by atoms with E-state index in [1.165, 1.54) is 0 Å². The lowest BCUT2D eigenvalue weighted by Gasteiger charge is -2.34. The molecule has 3 aliphatic heterocycles. The molecule has 0 radical (unpaired) electrons. The van der Waals surface area contributed by atoms with Crippen molar-refractivity contribution in [2.24, 2.45) is 5.92 Å². The number of hydrogen-bond acceptors (Lipinski definition) is 3. The van der Waals surface area contributed by atoms with Crippen LogP contribution in [0.15, 0.2) is 0 Å². The maximum Gasteiger partial charge on any atom is 0.245 e. The number of hydrogen-bond donors (Lipinski definition) is 0. The van der Waals surface area contributed by atoms with Crippen LogP contribution in [0, 0.1) is 5.92 Å². The van der Waals surface area contributed by atoms with Crippen molar-refractivity contribution in [3.63, 3.8) is 0 Å². The molecule has 3 aliphatic rings. The van der Waals surface area contributed by atoms with Crippen molar-refractivity contribution in [2.45, 2.75) is 38.1 Å². The summed E-state index contributed by atoms with van der Waals surface area (Å²) in [5.41, 5.74) is 0. The zero-order chi connectivity index (χ0) is 13.2. The van der Waals surface area contributed by atoms with E-state index in [0.29, 0.717) is 18.9 Å². The maximum absolute atomic E-state index is 12.6. The van der Waals surface area contributed by atoms with E-state index in [0.717, 1.165) is 52.0 Å². The SMILES string of the molecule is O=C1C2CCCCN2C(=O)CCN1CC1CCOC1. The Labute approximate surface area is 113 Å². The van der Waals surface area contributed by atoms with Crippen molar-refractivity contribution < 1.29 is 14.3 Å². The predicted molar refractivity (Wildman–Crippen MR) is 69.5 cm³/mol. The molecule has 5 heteroatoms. The fourth-order valence-corrected chi connectivity index (χ4v) is 3.40. The second-order valence-corrected chi connectivity index (χ2v) is 5.86. The van der Waals surface area contributed by atoms with E-state index in [2.05, 4.69) is 0 Å². The van der Waals surface area contributed by atoms with Gasteiger partial charge in [-0.2, -0.15) is 0 Å². The summed E-state index contributed by atoms with van der Waals surface area (Å²) in [7, 11) is 0. The minimum Gasteiger partial charge on any atom is -0.381 e. The van der Waals surface area contributed by atoms with Crippen LogP contribution in [0.25, 0.3) is 0 Å². The maximum atomic E-state index is 12.6. The largest absolute Gasteiger partial charge is 0.381 e. The third-order valence-electron chi connectivity index (χ3n) is 4.52. The highest BCUT2D eigenvalue weighted by Crippen LogP contribution is 2.24. The fraction of sp³-hybridized carbons (Fsp3) is 0.857. The van der Waals surface area contributed by atoms with Gasteiger partial charge in [0.25, 0.3) is 0 Å². The predicted octanol–water partition coefficient (Wildman–Crippen LogP) is 0.636. The molecular formula is C14H22N2O3. The Kier molecular flexibility index (Phi) is 3.73. The van der Waals surface area contributed by atoms with Gasteiger partial charge in [0.2, 0.25) is 11.8 Å². The zero-order valence-electron chi connectivity index (χ0n) is 11.3. The van der Waals surface area contributed by atoms with Crippen LogP contribution in [-0.2, 0) is 14.3 Å². The van der Waals surface area contributed by atoms with E-state index in [1.54, 1.807) is 0 Å². The van der Waals surface area contributed by atoms with E-state index in [-0.39, 0.29) is 17.9 Å². The van der Waals surface area contributed by atoms with Crippen LogP contribution < -0.4 is 0 Å². The number of carbonyl (C=O) groups is 2. The average molecular weight is 266 g/mol. The molecule has 0 N–H and O–H groups in total. The van der Waals surface area contributed by atoms with Gasteiger partial charge in [0.1, 0.15) is 6.04 Å². The smallest absolute Gasteiger partial charge is 0.245 e. The van der Waals surface area contributed by atoms with Gasteiger partial charge in [-0.15, -0.1) is 0 Å². The Morgan fingerprint density at radius 1 is 1.16 bits per heavy atom. The number of ether oxygens (including phenoxy) is 1. The molecule has 2 unspecified atom stereocenters. The Bertz CT molecular complexity index is 366. The summed E-state index contributed by atoms with van der Waals surface area (Å²) >= 11 is 0. The average Bonchev–Trinajstić information content (AvgIpc) is 2.91. The third kappa shape index (κ3) is 2.61. The first-order chi connectivity index (χ1) is 9.25. The highest BCUT2D eigenvalue weighted by atomic mass is 16.5. The second kappa shape index (κ2) is 5.49. The minimum absolute atomic E-state index is 0.156. The fourth-order valence-electron chi connectivity index (χ4n) is 3.40. The molecule has 19 heavy (non-hydrogen) atoms. The second-order valence-electron chi connectivity index (χ2n) is 5.86. The van der Waals surface area contributed by atoms with Gasteiger partial charge in [-0.3, -0.25) is 9.59 Å².